The third kappa shape index (κ3) is 4.05. The summed E-state index contributed by atoms with van der Waals surface area (Å²) in [5.74, 6) is 0.891. The molecule has 0 aliphatic carbocycles. The summed E-state index contributed by atoms with van der Waals surface area (Å²) in [6.07, 6.45) is 0.815. The van der Waals surface area contributed by atoms with Crippen molar-refractivity contribution in [3.63, 3.8) is 0 Å². The van der Waals surface area contributed by atoms with Crippen molar-refractivity contribution in [2.24, 2.45) is 5.73 Å². The molecule has 0 bridgehead atoms. The van der Waals surface area contributed by atoms with E-state index in [2.05, 4.69) is 19.9 Å². The molecule has 0 saturated carbocycles. The molecule has 0 aliphatic rings. The van der Waals surface area contributed by atoms with Gasteiger partial charge in [0.2, 0.25) is 0 Å². The molecule has 0 aromatic heterocycles. The number of hydrogen-bond acceptors (Lipinski definition) is 2. The van der Waals surface area contributed by atoms with Crippen molar-refractivity contribution in [1.29, 1.82) is 0 Å². The highest BCUT2D eigenvalue weighted by Gasteiger charge is 2.10. The Kier molecular flexibility index (Phi) is 5.34. The standard InChI is InChI=1S/C18H22FNO/c1-13-4-3-5-18(14(13)2)21-11-10-16(12-20)15-6-8-17(19)9-7-15/h3-9,16H,10-12,20H2,1-2H3. The average Bonchev–Trinajstić information content (AvgIpc) is 2.49. The lowest BCUT2D eigenvalue weighted by Gasteiger charge is -2.17. The highest BCUT2D eigenvalue weighted by Crippen LogP contribution is 2.23. The second-order valence-electron chi connectivity index (χ2n) is 5.32. The number of hydrogen-bond donors (Lipinski definition) is 1. The lowest BCUT2D eigenvalue weighted by molar-refractivity contribution is 0.296. The molecule has 3 heteroatoms. The van der Waals surface area contributed by atoms with Crippen molar-refractivity contribution >= 4 is 0 Å². The van der Waals surface area contributed by atoms with Gasteiger partial charge in [-0.3, -0.25) is 0 Å². The van der Waals surface area contributed by atoms with E-state index in [4.69, 9.17) is 10.5 Å². The van der Waals surface area contributed by atoms with Gasteiger partial charge in [0.05, 0.1) is 6.61 Å². The van der Waals surface area contributed by atoms with Crippen molar-refractivity contribution in [3.05, 3.63) is 65.0 Å². The fourth-order valence-corrected chi connectivity index (χ4v) is 2.35. The molecule has 1 atom stereocenters. The van der Waals surface area contributed by atoms with Crippen LogP contribution in [0.25, 0.3) is 0 Å². The van der Waals surface area contributed by atoms with Crippen LogP contribution in [0, 0.1) is 19.7 Å². The summed E-state index contributed by atoms with van der Waals surface area (Å²) in [5, 5.41) is 0. The molecule has 1 unspecified atom stereocenters. The SMILES string of the molecule is Cc1cccc(OCCC(CN)c2ccc(F)cc2)c1C. The molecule has 2 N–H and O–H groups in total. The molecule has 0 fully saturated rings. The quantitative estimate of drug-likeness (QED) is 0.873. The smallest absolute Gasteiger partial charge is 0.123 e. The first-order valence-electron chi connectivity index (χ1n) is 7.26. The number of halogens is 1. The molecule has 0 amide bonds. The van der Waals surface area contributed by atoms with Gasteiger partial charge in [0.15, 0.2) is 0 Å². The van der Waals surface area contributed by atoms with Crippen molar-refractivity contribution in [3.8, 4) is 5.75 Å². The maximum absolute atomic E-state index is 13.0. The van der Waals surface area contributed by atoms with Crippen LogP contribution in [0.15, 0.2) is 42.5 Å². The van der Waals surface area contributed by atoms with Crippen molar-refractivity contribution in [2.45, 2.75) is 26.2 Å². The summed E-state index contributed by atoms with van der Waals surface area (Å²) < 4.78 is 18.8. The Morgan fingerprint density at radius 2 is 1.81 bits per heavy atom. The number of aryl methyl sites for hydroxylation is 1. The van der Waals surface area contributed by atoms with E-state index in [1.807, 2.05) is 12.1 Å². The third-order valence-corrected chi connectivity index (χ3v) is 3.90. The zero-order chi connectivity index (χ0) is 15.2. The fourth-order valence-electron chi connectivity index (χ4n) is 2.35. The minimum absolute atomic E-state index is 0.190. The number of benzene rings is 2. The molecular weight excluding hydrogens is 265 g/mol. The van der Waals surface area contributed by atoms with Crippen LogP contribution in [0.4, 0.5) is 4.39 Å². The fraction of sp³-hybridized carbons (Fsp3) is 0.333. The highest BCUT2D eigenvalue weighted by atomic mass is 19.1. The molecule has 0 spiro atoms. The van der Waals surface area contributed by atoms with Crippen molar-refractivity contribution in [2.75, 3.05) is 13.2 Å². The summed E-state index contributed by atoms with van der Waals surface area (Å²) in [6.45, 7) is 5.26. The van der Waals surface area contributed by atoms with E-state index in [1.54, 1.807) is 12.1 Å². The Labute approximate surface area is 125 Å². The van der Waals surface area contributed by atoms with E-state index in [1.165, 1.54) is 23.3 Å². The Hall–Kier alpha value is -1.87. The van der Waals surface area contributed by atoms with Crippen LogP contribution in [-0.2, 0) is 0 Å². The number of rotatable bonds is 6. The zero-order valence-corrected chi connectivity index (χ0v) is 12.6. The van der Waals surface area contributed by atoms with Crippen molar-refractivity contribution in [1.82, 2.24) is 0 Å². The van der Waals surface area contributed by atoms with Gasteiger partial charge < -0.3 is 10.5 Å². The predicted molar refractivity (Wildman–Crippen MR) is 84.2 cm³/mol. The van der Waals surface area contributed by atoms with Gasteiger partial charge in [-0.1, -0.05) is 24.3 Å². The third-order valence-electron chi connectivity index (χ3n) is 3.90. The highest BCUT2D eigenvalue weighted by molar-refractivity contribution is 5.38. The molecule has 2 aromatic rings. The van der Waals surface area contributed by atoms with Crippen LogP contribution in [0.1, 0.15) is 29.0 Å². The van der Waals surface area contributed by atoms with Crippen molar-refractivity contribution < 1.29 is 9.13 Å². The largest absolute Gasteiger partial charge is 0.493 e. The average molecular weight is 287 g/mol. The van der Waals surface area contributed by atoms with Crippen LogP contribution in [-0.4, -0.2) is 13.2 Å². The van der Waals surface area contributed by atoms with Crippen LogP contribution >= 0.6 is 0 Å². The second kappa shape index (κ2) is 7.23. The van der Waals surface area contributed by atoms with E-state index in [9.17, 15) is 4.39 Å². The maximum atomic E-state index is 13.0. The maximum Gasteiger partial charge on any atom is 0.123 e. The first-order chi connectivity index (χ1) is 10.1. The lowest BCUT2D eigenvalue weighted by atomic mass is 9.96. The Bertz CT molecular complexity index is 580. The molecule has 2 rings (SSSR count). The molecule has 0 aliphatic heterocycles. The summed E-state index contributed by atoms with van der Waals surface area (Å²) in [7, 11) is 0. The molecule has 2 nitrogen and oxygen atoms in total. The molecule has 112 valence electrons. The summed E-state index contributed by atoms with van der Waals surface area (Å²) in [6, 6.07) is 12.6. The summed E-state index contributed by atoms with van der Waals surface area (Å²) in [4.78, 5) is 0. The van der Waals surface area contributed by atoms with Gasteiger partial charge in [-0.25, -0.2) is 4.39 Å². The van der Waals surface area contributed by atoms with Gasteiger partial charge in [-0.05, 0) is 67.6 Å². The van der Waals surface area contributed by atoms with Gasteiger partial charge in [0.25, 0.3) is 0 Å². The Morgan fingerprint density at radius 1 is 1.10 bits per heavy atom. The number of nitrogens with two attached hydrogens (primary N) is 1. The van der Waals surface area contributed by atoms with Gasteiger partial charge in [-0.2, -0.15) is 0 Å². The van der Waals surface area contributed by atoms with Gasteiger partial charge in [0, 0.05) is 0 Å². The zero-order valence-electron chi connectivity index (χ0n) is 12.6. The molecule has 2 aromatic carbocycles. The van der Waals surface area contributed by atoms with Gasteiger partial charge in [0.1, 0.15) is 11.6 Å². The summed E-state index contributed by atoms with van der Waals surface area (Å²) >= 11 is 0. The topological polar surface area (TPSA) is 35.2 Å². The minimum atomic E-state index is -0.221. The first-order valence-corrected chi connectivity index (χ1v) is 7.26. The van der Waals surface area contributed by atoms with Gasteiger partial charge in [-0.15, -0.1) is 0 Å². The van der Waals surface area contributed by atoms with E-state index < -0.39 is 0 Å². The summed E-state index contributed by atoms with van der Waals surface area (Å²) in [5.41, 5.74) is 9.28. The van der Waals surface area contributed by atoms with E-state index in [0.29, 0.717) is 13.2 Å². The predicted octanol–water partition coefficient (Wildman–Crippen LogP) is 3.95. The minimum Gasteiger partial charge on any atom is -0.493 e. The second-order valence-corrected chi connectivity index (χ2v) is 5.32. The number of ether oxygens (including phenoxy) is 1. The molecule has 21 heavy (non-hydrogen) atoms. The van der Waals surface area contributed by atoms with Gasteiger partial charge >= 0.3 is 0 Å². The lowest BCUT2D eigenvalue weighted by Crippen LogP contribution is -2.15. The van der Waals surface area contributed by atoms with Crippen LogP contribution in [0.3, 0.4) is 0 Å². The van der Waals surface area contributed by atoms with Crippen LogP contribution < -0.4 is 10.5 Å². The van der Waals surface area contributed by atoms with E-state index in [0.717, 1.165) is 17.7 Å². The monoisotopic (exact) mass is 287 g/mol. The molecule has 0 saturated heterocycles. The molecule has 0 radical (unpaired) electrons. The molecule has 0 heterocycles. The van der Waals surface area contributed by atoms with Crippen LogP contribution in [0.5, 0.6) is 5.75 Å². The van der Waals surface area contributed by atoms with E-state index >= 15 is 0 Å². The molecular formula is C18H22FNO. The first kappa shape index (κ1) is 15.5. The Morgan fingerprint density at radius 3 is 2.48 bits per heavy atom. The van der Waals surface area contributed by atoms with Crippen LogP contribution in [0.2, 0.25) is 0 Å². The Balaban J connectivity index is 1.94. The van der Waals surface area contributed by atoms with E-state index in [-0.39, 0.29) is 11.7 Å². The normalized spacial score (nSPS) is 12.2.